The Hall–Kier alpha value is -2.82. The van der Waals surface area contributed by atoms with Crippen LogP contribution in [0.25, 0.3) is 0 Å². The molecule has 5 heteroatoms. The molecule has 2 rings (SSSR count). The van der Waals surface area contributed by atoms with Crippen molar-refractivity contribution in [2.75, 3.05) is 13.2 Å². The standard InChI is InChI=1S/C22H27NO4/c1-16(2)20(23-21(24)19-13-8-7-10-17(19)3)22(25)27-15-9-14-26-18-11-5-4-6-12-18/h4-8,10-13,16,20H,9,14-15H2,1-3H3,(H,23,24)/t20-/m0/s1. The fraction of sp³-hybridized carbons (Fsp3) is 0.364. The van der Waals surface area contributed by atoms with E-state index < -0.39 is 12.0 Å². The van der Waals surface area contributed by atoms with Gasteiger partial charge in [-0.15, -0.1) is 0 Å². The molecule has 27 heavy (non-hydrogen) atoms. The second kappa shape index (κ2) is 10.4. The van der Waals surface area contributed by atoms with E-state index in [-0.39, 0.29) is 18.4 Å². The van der Waals surface area contributed by atoms with Gasteiger partial charge in [-0.1, -0.05) is 50.2 Å². The van der Waals surface area contributed by atoms with Crippen molar-refractivity contribution in [3.63, 3.8) is 0 Å². The number of ether oxygens (including phenoxy) is 2. The lowest BCUT2D eigenvalue weighted by Crippen LogP contribution is -2.45. The van der Waals surface area contributed by atoms with Gasteiger partial charge in [-0.2, -0.15) is 0 Å². The number of rotatable bonds is 9. The third kappa shape index (κ3) is 6.44. The fourth-order valence-electron chi connectivity index (χ4n) is 2.57. The number of para-hydroxylation sites is 1. The van der Waals surface area contributed by atoms with E-state index in [4.69, 9.17) is 9.47 Å². The molecular weight excluding hydrogens is 342 g/mol. The van der Waals surface area contributed by atoms with Gasteiger partial charge in [0.25, 0.3) is 5.91 Å². The topological polar surface area (TPSA) is 64.6 Å². The first-order valence-corrected chi connectivity index (χ1v) is 9.20. The first-order valence-electron chi connectivity index (χ1n) is 9.20. The van der Waals surface area contributed by atoms with Crippen LogP contribution in [0.4, 0.5) is 0 Å². The van der Waals surface area contributed by atoms with Crippen LogP contribution in [-0.4, -0.2) is 31.1 Å². The lowest BCUT2D eigenvalue weighted by Gasteiger charge is -2.21. The maximum absolute atomic E-state index is 12.5. The monoisotopic (exact) mass is 369 g/mol. The van der Waals surface area contributed by atoms with Crippen molar-refractivity contribution in [2.24, 2.45) is 5.92 Å². The average Bonchev–Trinajstić information content (AvgIpc) is 2.66. The van der Waals surface area contributed by atoms with Crippen LogP contribution >= 0.6 is 0 Å². The lowest BCUT2D eigenvalue weighted by molar-refractivity contribution is -0.147. The predicted molar refractivity (Wildman–Crippen MR) is 105 cm³/mol. The summed E-state index contributed by atoms with van der Waals surface area (Å²) >= 11 is 0. The highest BCUT2D eigenvalue weighted by molar-refractivity contribution is 5.98. The number of carbonyl (C=O) groups excluding carboxylic acids is 2. The van der Waals surface area contributed by atoms with Gasteiger partial charge in [0.05, 0.1) is 13.2 Å². The summed E-state index contributed by atoms with van der Waals surface area (Å²) in [6.07, 6.45) is 0.581. The van der Waals surface area contributed by atoms with Crippen molar-refractivity contribution in [1.29, 1.82) is 0 Å². The van der Waals surface area contributed by atoms with Crippen LogP contribution in [0.15, 0.2) is 54.6 Å². The van der Waals surface area contributed by atoms with Gasteiger partial charge in [0.15, 0.2) is 0 Å². The third-order valence-corrected chi connectivity index (χ3v) is 4.14. The Labute approximate surface area is 160 Å². The minimum Gasteiger partial charge on any atom is -0.493 e. The highest BCUT2D eigenvalue weighted by atomic mass is 16.5. The Kier molecular flexibility index (Phi) is 7.86. The van der Waals surface area contributed by atoms with Crippen molar-refractivity contribution in [3.8, 4) is 5.75 Å². The number of hydrogen-bond donors (Lipinski definition) is 1. The fourth-order valence-corrected chi connectivity index (χ4v) is 2.57. The molecule has 2 aromatic carbocycles. The molecule has 0 aromatic heterocycles. The van der Waals surface area contributed by atoms with E-state index in [9.17, 15) is 9.59 Å². The maximum atomic E-state index is 12.5. The first kappa shape index (κ1) is 20.5. The van der Waals surface area contributed by atoms with Gasteiger partial charge < -0.3 is 14.8 Å². The van der Waals surface area contributed by atoms with E-state index in [0.717, 1.165) is 11.3 Å². The molecular formula is C22H27NO4. The summed E-state index contributed by atoms with van der Waals surface area (Å²) < 4.78 is 10.9. The maximum Gasteiger partial charge on any atom is 0.328 e. The van der Waals surface area contributed by atoms with Crippen LogP contribution in [-0.2, 0) is 9.53 Å². The minimum absolute atomic E-state index is 0.0777. The summed E-state index contributed by atoms with van der Waals surface area (Å²) in [4.78, 5) is 24.9. The number of aryl methyl sites for hydroxylation is 1. The zero-order valence-electron chi connectivity index (χ0n) is 16.1. The van der Waals surface area contributed by atoms with Crippen LogP contribution in [0.5, 0.6) is 5.75 Å². The summed E-state index contributed by atoms with van der Waals surface area (Å²) in [5, 5.41) is 2.80. The quantitative estimate of drug-likeness (QED) is 0.540. The first-order chi connectivity index (χ1) is 13.0. The molecule has 0 unspecified atom stereocenters. The lowest BCUT2D eigenvalue weighted by atomic mass is 10.0. The molecule has 0 radical (unpaired) electrons. The van der Waals surface area contributed by atoms with Gasteiger partial charge in [-0.3, -0.25) is 4.79 Å². The van der Waals surface area contributed by atoms with Gasteiger partial charge in [-0.05, 0) is 36.6 Å². The normalized spacial score (nSPS) is 11.7. The summed E-state index contributed by atoms with van der Waals surface area (Å²) in [6, 6.07) is 16.1. The molecule has 1 amide bonds. The number of benzene rings is 2. The number of nitrogens with one attached hydrogen (secondary N) is 1. The molecule has 2 aromatic rings. The average molecular weight is 369 g/mol. The zero-order valence-corrected chi connectivity index (χ0v) is 16.1. The molecule has 0 saturated carbocycles. The zero-order chi connectivity index (χ0) is 19.6. The Morgan fingerprint density at radius 1 is 0.963 bits per heavy atom. The Bertz CT molecular complexity index is 743. The van der Waals surface area contributed by atoms with Crippen LogP contribution in [0, 0.1) is 12.8 Å². The van der Waals surface area contributed by atoms with Crippen LogP contribution in [0.3, 0.4) is 0 Å². The van der Waals surface area contributed by atoms with Crippen molar-refractivity contribution in [1.82, 2.24) is 5.32 Å². The van der Waals surface area contributed by atoms with Gasteiger partial charge in [0.2, 0.25) is 0 Å². The molecule has 5 nitrogen and oxygen atoms in total. The molecule has 0 fully saturated rings. The molecule has 0 aliphatic heterocycles. The van der Waals surface area contributed by atoms with Crippen molar-refractivity contribution < 1.29 is 19.1 Å². The van der Waals surface area contributed by atoms with Crippen LogP contribution in [0.2, 0.25) is 0 Å². The molecule has 1 atom stereocenters. The van der Waals surface area contributed by atoms with E-state index in [1.54, 1.807) is 12.1 Å². The third-order valence-electron chi connectivity index (χ3n) is 4.14. The van der Waals surface area contributed by atoms with Gasteiger partial charge in [-0.25, -0.2) is 4.79 Å². The molecule has 0 saturated heterocycles. The molecule has 0 spiro atoms. The second-order valence-corrected chi connectivity index (χ2v) is 6.69. The van der Waals surface area contributed by atoms with E-state index in [0.29, 0.717) is 18.6 Å². The summed E-state index contributed by atoms with van der Waals surface area (Å²) in [6.45, 7) is 6.32. The molecule has 0 aliphatic carbocycles. The summed E-state index contributed by atoms with van der Waals surface area (Å²) in [7, 11) is 0. The molecule has 144 valence electrons. The smallest absolute Gasteiger partial charge is 0.328 e. The Morgan fingerprint density at radius 2 is 1.63 bits per heavy atom. The van der Waals surface area contributed by atoms with E-state index in [2.05, 4.69) is 5.32 Å². The molecule has 0 aliphatic rings. The SMILES string of the molecule is Cc1ccccc1C(=O)N[C@H](C(=O)OCCCOc1ccccc1)C(C)C. The van der Waals surface area contributed by atoms with Crippen LogP contribution in [0.1, 0.15) is 36.2 Å². The predicted octanol–water partition coefficient (Wildman–Crippen LogP) is 3.76. The van der Waals surface area contributed by atoms with E-state index in [1.165, 1.54) is 0 Å². The minimum atomic E-state index is -0.688. The van der Waals surface area contributed by atoms with Crippen LogP contribution < -0.4 is 10.1 Å². The van der Waals surface area contributed by atoms with Gasteiger partial charge in [0, 0.05) is 12.0 Å². The Morgan fingerprint density at radius 3 is 2.30 bits per heavy atom. The molecule has 0 heterocycles. The number of carbonyl (C=O) groups is 2. The van der Waals surface area contributed by atoms with Crippen molar-refractivity contribution in [2.45, 2.75) is 33.2 Å². The van der Waals surface area contributed by atoms with E-state index in [1.807, 2.05) is 63.2 Å². The number of esters is 1. The van der Waals surface area contributed by atoms with E-state index >= 15 is 0 Å². The van der Waals surface area contributed by atoms with Crippen molar-refractivity contribution >= 4 is 11.9 Å². The second-order valence-electron chi connectivity index (χ2n) is 6.69. The summed E-state index contributed by atoms with van der Waals surface area (Å²) in [5.74, 6) is 0.0169. The summed E-state index contributed by atoms with van der Waals surface area (Å²) in [5.41, 5.74) is 1.43. The number of amides is 1. The highest BCUT2D eigenvalue weighted by Gasteiger charge is 2.26. The van der Waals surface area contributed by atoms with Gasteiger partial charge in [0.1, 0.15) is 11.8 Å². The number of hydrogen-bond acceptors (Lipinski definition) is 4. The van der Waals surface area contributed by atoms with Crippen molar-refractivity contribution in [3.05, 3.63) is 65.7 Å². The Balaban J connectivity index is 1.80. The highest BCUT2D eigenvalue weighted by Crippen LogP contribution is 2.11. The molecule has 0 bridgehead atoms. The largest absolute Gasteiger partial charge is 0.493 e. The van der Waals surface area contributed by atoms with Gasteiger partial charge >= 0.3 is 5.97 Å². The molecule has 1 N–H and O–H groups in total.